The average molecular weight is 941 g/mol. The lowest BCUT2D eigenvalue weighted by Crippen LogP contribution is -2.25. The molecule has 8 aromatic rings. The van der Waals surface area contributed by atoms with Gasteiger partial charge in [-0.3, -0.25) is 14.6 Å². The monoisotopic (exact) mass is 938 g/mol. The van der Waals surface area contributed by atoms with Crippen LogP contribution in [0, 0.1) is 0 Å². The van der Waals surface area contributed by atoms with Gasteiger partial charge in [0.15, 0.2) is 5.16 Å². The fraction of sp³-hybridized carbons (Fsp3) is 0.0909. The minimum Gasteiger partial charge on any atom is -0.326 e. The molecule has 4 aromatic carbocycles. The third-order valence-corrected chi connectivity index (χ3v) is 9.92. The number of thioether (sulfide) groups is 1. The van der Waals surface area contributed by atoms with Crippen molar-refractivity contribution < 1.29 is 0 Å². The number of hydrogen-bond donors (Lipinski definition) is 5. The number of hydrogen-bond acceptors (Lipinski definition) is 13. The maximum Gasteiger partial charge on any atom is 0.252 e. The summed E-state index contributed by atoms with van der Waals surface area (Å²) in [6.45, 7) is 0.963. The molecule has 5 N–H and O–H groups in total. The summed E-state index contributed by atoms with van der Waals surface area (Å²) in [5.74, 6) is 2.31. The lowest BCUT2D eigenvalue weighted by Gasteiger charge is -2.30. The van der Waals surface area contributed by atoms with E-state index in [1.165, 1.54) is 47.5 Å². The van der Waals surface area contributed by atoms with Crippen molar-refractivity contribution in [3.05, 3.63) is 193 Å². The van der Waals surface area contributed by atoms with Gasteiger partial charge < -0.3 is 25.8 Å². The van der Waals surface area contributed by atoms with Gasteiger partial charge in [0.05, 0.1) is 0 Å². The first-order valence-corrected chi connectivity index (χ1v) is 21.7. The highest BCUT2D eigenvalue weighted by Gasteiger charge is 2.19. The van der Waals surface area contributed by atoms with Crippen LogP contribution in [0.25, 0.3) is 0 Å². The summed E-state index contributed by atoms with van der Waals surface area (Å²) in [5, 5.41) is 12.2. The number of rotatable bonds is 8. The maximum atomic E-state index is 11.0. The molecule has 0 amide bonds. The lowest BCUT2D eigenvalue weighted by molar-refractivity contribution is 0.759. The number of aromatic amines is 2. The van der Waals surface area contributed by atoms with E-state index in [1.807, 2.05) is 60.9 Å². The SMILES string of the molecule is CSc1nccc(=O)[nH]1.Clc1cccc(Nc2nccc(Cl)n2)c1.Clc1cccc(Nc2nccc(N3CCCc4ccccc43)n2)c1.O=c1ccnc(Nc2cccc(Cl)c2)[nH]1. The number of benzene rings is 4. The van der Waals surface area contributed by atoms with E-state index in [0.717, 1.165) is 42.3 Å². The standard InChI is InChI=1S/C19H17ClN4.C10H7Cl2N3.C10H8ClN3O.C5H6N2OS/c20-15-7-3-8-16(13-15)22-19-21-11-10-18(23-19)24-12-4-6-14-5-1-2-9-17(14)24;11-7-2-1-3-8(6-7)14-10-13-5-4-9(12)15-10;11-7-2-1-3-8(6-7)13-10-12-5-4-9(15)14-10;1-9-5-6-3-2-4(8)7-5/h1-3,5,7-11,13H,4,6,12H2,(H,21,22,23);1-6H,(H,13,14,15);1-6H,(H2,12,13,14,15);2-3H,1H3,(H,6,7,8). The van der Waals surface area contributed by atoms with Crippen LogP contribution in [0.5, 0.6) is 0 Å². The molecule has 320 valence electrons. The molecule has 0 aliphatic carbocycles. The largest absolute Gasteiger partial charge is 0.326 e. The molecule has 0 atom stereocenters. The summed E-state index contributed by atoms with van der Waals surface area (Å²) in [5.41, 5.74) is 4.77. The second kappa shape index (κ2) is 23.7. The van der Waals surface area contributed by atoms with Crippen molar-refractivity contribution in [2.45, 2.75) is 18.0 Å². The molecule has 9 rings (SSSR count). The Morgan fingerprint density at radius 3 is 1.71 bits per heavy atom. The van der Waals surface area contributed by atoms with Gasteiger partial charge in [-0.2, -0.15) is 4.98 Å². The molecule has 0 saturated heterocycles. The summed E-state index contributed by atoms with van der Waals surface area (Å²) in [7, 11) is 0. The fourth-order valence-corrected chi connectivity index (χ4v) is 6.79. The normalized spacial score (nSPS) is 11.2. The van der Waals surface area contributed by atoms with Crippen molar-refractivity contribution in [1.82, 2.24) is 39.9 Å². The number of anilines is 8. The zero-order chi connectivity index (χ0) is 44.4. The number of para-hydroxylation sites is 1. The van der Waals surface area contributed by atoms with Crippen LogP contribution >= 0.6 is 58.2 Å². The number of nitrogens with zero attached hydrogens (tertiary/aromatic N) is 7. The molecule has 1 aliphatic heterocycles. The first-order chi connectivity index (χ1) is 30.6. The molecule has 63 heavy (non-hydrogen) atoms. The van der Waals surface area contributed by atoms with Crippen molar-refractivity contribution in [3.8, 4) is 0 Å². The van der Waals surface area contributed by atoms with Gasteiger partial charge in [0.2, 0.25) is 17.8 Å². The van der Waals surface area contributed by atoms with E-state index < -0.39 is 0 Å². The van der Waals surface area contributed by atoms with Gasteiger partial charge in [-0.05, 0) is 97.5 Å². The van der Waals surface area contributed by atoms with E-state index >= 15 is 0 Å². The summed E-state index contributed by atoms with van der Waals surface area (Å²) in [6.07, 6.45) is 10.4. The van der Waals surface area contributed by atoms with Crippen LogP contribution in [0.1, 0.15) is 12.0 Å². The fourth-order valence-electron chi connectivity index (χ4n) is 5.71. The molecule has 0 spiro atoms. The van der Waals surface area contributed by atoms with Gasteiger partial charge in [-0.1, -0.05) is 94.6 Å². The number of fused-ring (bicyclic) bond motifs is 1. The van der Waals surface area contributed by atoms with Crippen LogP contribution in [-0.4, -0.2) is 52.7 Å². The van der Waals surface area contributed by atoms with Crippen molar-refractivity contribution in [1.29, 1.82) is 0 Å². The highest BCUT2D eigenvalue weighted by atomic mass is 35.5. The van der Waals surface area contributed by atoms with E-state index in [9.17, 15) is 9.59 Å². The van der Waals surface area contributed by atoms with E-state index in [2.05, 4.69) is 85.0 Å². The van der Waals surface area contributed by atoms with Crippen LogP contribution < -0.4 is 32.0 Å². The number of aromatic nitrogens is 8. The quantitative estimate of drug-likeness (QED) is 0.0552. The van der Waals surface area contributed by atoms with Crippen molar-refractivity contribution in [2.75, 3.05) is 33.7 Å². The topological polar surface area (TPSA) is 182 Å². The Morgan fingerprint density at radius 1 is 0.587 bits per heavy atom. The molecule has 1 aliphatic rings. The van der Waals surface area contributed by atoms with Gasteiger partial charge in [0.25, 0.3) is 11.1 Å². The van der Waals surface area contributed by atoms with Crippen molar-refractivity contribution in [3.63, 3.8) is 0 Å². The predicted molar refractivity (Wildman–Crippen MR) is 257 cm³/mol. The first-order valence-electron chi connectivity index (χ1n) is 19.0. The van der Waals surface area contributed by atoms with Crippen LogP contribution in [0.15, 0.2) is 161 Å². The Balaban J connectivity index is 0.000000148. The molecule has 0 radical (unpaired) electrons. The Bertz CT molecular complexity index is 2810. The lowest BCUT2D eigenvalue weighted by atomic mass is 10.0. The molecule has 0 unspecified atom stereocenters. The van der Waals surface area contributed by atoms with Gasteiger partial charge in [0.1, 0.15) is 11.0 Å². The van der Waals surface area contributed by atoms with E-state index in [-0.39, 0.29) is 11.1 Å². The number of aryl methyl sites for hydroxylation is 1. The molecule has 14 nitrogen and oxygen atoms in total. The Labute approximate surface area is 386 Å². The first kappa shape index (κ1) is 46.0. The second-order valence-corrected chi connectivity index (χ2v) is 15.4. The van der Waals surface area contributed by atoms with Crippen molar-refractivity contribution >= 4 is 105 Å². The van der Waals surface area contributed by atoms with Crippen molar-refractivity contribution in [2.24, 2.45) is 0 Å². The third kappa shape index (κ3) is 15.1. The van der Waals surface area contributed by atoms with E-state index in [0.29, 0.717) is 43.2 Å². The number of nitrogens with one attached hydrogen (secondary N) is 5. The van der Waals surface area contributed by atoms with E-state index in [1.54, 1.807) is 42.7 Å². The summed E-state index contributed by atoms with van der Waals surface area (Å²) < 4.78 is 0. The summed E-state index contributed by atoms with van der Waals surface area (Å²) in [6, 6.07) is 36.8. The molecular weight excluding hydrogens is 902 g/mol. The highest BCUT2D eigenvalue weighted by molar-refractivity contribution is 7.98. The van der Waals surface area contributed by atoms with Gasteiger partial charge in [-0.15, -0.1) is 0 Å². The van der Waals surface area contributed by atoms with Crippen LogP contribution in [0.4, 0.5) is 46.4 Å². The van der Waals surface area contributed by atoms with Gasteiger partial charge in [0, 0.05) is 81.3 Å². The van der Waals surface area contributed by atoms with Gasteiger partial charge >= 0.3 is 0 Å². The summed E-state index contributed by atoms with van der Waals surface area (Å²) in [4.78, 5) is 53.7. The van der Waals surface area contributed by atoms with Crippen LogP contribution in [0.3, 0.4) is 0 Å². The molecular formula is C44H38Cl4N12O2S. The molecule has 19 heteroatoms. The zero-order valence-corrected chi connectivity index (χ0v) is 37.2. The predicted octanol–water partition coefficient (Wildman–Crippen LogP) is 11.1. The average Bonchev–Trinajstić information content (AvgIpc) is 3.27. The Kier molecular flexibility index (Phi) is 17.3. The number of halogens is 4. The minimum atomic E-state index is -0.200. The molecule has 0 saturated carbocycles. The van der Waals surface area contributed by atoms with Crippen LogP contribution in [-0.2, 0) is 6.42 Å². The maximum absolute atomic E-state index is 11.0. The van der Waals surface area contributed by atoms with Crippen LogP contribution in [0.2, 0.25) is 20.2 Å². The smallest absolute Gasteiger partial charge is 0.252 e. The molecule has 4 aromatic heterocycles. The Morgan fingerprint density at radius 2 is 1.14 bits per heavy atom. The molecule has 0 fully saturated rings. The summed E-state index contributed by atoms with van der Waals surface area (Å²) >= 11 is 24.8. The highest BCUT2D eigenvalue weighted by Crippen LogP contribution is 2.32. The molecule has 0 bridgehead atoms. The molecule has 5 heterocycles. The second-order valence-electron chi connectivity index (χ2n) is 13.0. The van der Waals surface area contributed by atoms with E-state index in [4.69, 9.17) is 46.4 Å². The van der Waals surface area contributed by atoms with Gasteiger partial charge in [-0.25, -0.2) is 24.9 Å². The zero-order valence-electron chi connectivity index (χ0n) is 33.3. The Hall–Kier alpha value is -6.49. The number of H-pyrrole nitrogens is 2. The minimum absolute atomic E-state index is 0.102. The third-order valence-electron chi connectivity index (χ3n) is 8.41.